The molecule has 0 aliphatic heterocycles. The number of nitrogens with one attached hydrogen (secondary N) is 1. The van der Waals surface area contributed by atoms with E-state index in [2.05, 4.69) is 5.32 Å². The second-order valence-corrected chi connectivity index (χ2v) is 6.01. The first-order valence-electron chi connectivity index (χ1n) is 6.97. The summed E-state index contributed by atoms with van der Waals surface area (Å²) < 4.78 is 0. The van der Waals surface area contributed by atoms with E-state index in [1.54, 1.807) is 24.3 Å². The van der Waals surface area contributed by atoms with Crippen LogP contribution < -0.4 is 11.1 Å². The van der Waals surface area contributed by atoms with Gasteiger partial charge >= 0.3 is 5.97 Å². The van der Waals surface area contributed by atoms with E-state index in [9.17, 15) is 14.7 Å². The summed E-state index contributed by atoms with van der Waals surface area (Å²) in [6, 6.07) is 5.43. The van der Waals surface area contributed by atoms with Gasteiger partial charge in [0.2, 0.25) is 5.91 Å². The highest BCUT2D eigenvalue weighted by molar-refractivity contribution is 6.31. The molecule has 1 fully saturated rings. The number of nitrogens with two attached hydrogens (primary N) is 1. The Bertz CT molecular complexity index is 541. The Hall–Kier alpha value is -1.59. The van der Waals surface area contributed by atoms with E-state index in [0.29, 0.717) is 10.6 Å². The van der Waals surface area contributed by atoms with E-state index in [1.165, 1.54) is 0 Å². The van der Waals surface area contributed by atoms with Gasteiger partial charge in [0.25, 0.3) is 0 Å². The maximum absolute atomic E-state index is 12.1. The Kier molecular flexibility index (Phi) is 4.85. The Morgan fingerprint density at radius 1 is 1.33 bits per heavy atom. The van der Waals surface area contributed by atoms with Gasteiger partial charge in [0, 0.05) is 22.5 Å². The largest absolute Gasteiger partial charge is 0.479 e. The van der Waals surface area contributed by atoms with Crippen molar-refractivity contribution in [3.8, 4) is 0 Å². The maximum atomic E-state index is 12.1. The monoisotopic (exact) mass is 310 g/mol. The zero-order chi connectivity index (χ0) is 15.5. The number of halogens is 1. The molecule has 1 aliphatic carbocycles. The van der Waals surface area contributed by atoms with Gasteiger partial charge in [-0.15, -0.1) is 0 Å². The summed E-state index contributed by atoms with van der Waals surface area (Å²) in [5, 5.41) is 12.2. The minimum Gasteiger partial charge on any atom is -0.479 e. The quantitative estimate of drug-likeness (QED) is 0.777. The molecule has 0 spiro atoms. The molecular formula is C15H19ClN2O3. The number of hydrogen-bond donors (Lipinski definition) is 3. The average molecular weight is 311 g/mol. The average Bonchev–Trinajstić information content (AvgIpc) is 2.83. The molecule has 1 aliphatic rings. The topological polar surface area (TPSA) is 92.4 Å². The third-order valence-corrected chi connectivity index (χ3v) is 4.22. The van der Waals surface area contributed by atoms with Crippen molar-refractivity contribution in [2.75, 3.05) is 0 Å². The highest BCUT2D eigenvalue weighted by atomic mass is 35.5. The SMILES string of the molecule is NC1(CC(=O)N[C@@H](C(=O)O)c2ccccc2Cl)CCCC1. The summed E-state index contributed by atoms with van der Waals surface area (Å²) in [6.07, 6.45) is 3.75. The van der Waals surface area contributed by atoms with E-state index < -0.39 is 17.6 Å². The summed E-state index contributed by atoms with van der Waals surface area (Å²) in [7, 11) is 0. The van der Waals surface area contributed by atoms with Gasteiger partial charge in [0.1, 0.15) is 0 Å². The highest BCUT2D eigenvalue weighted by Crippen LogP contribution is 2.30. The molecule has 0 unspecified atom stereocenters. The Labute approximate surface area is 128 Å². The molecule has 0 radical (unpaired) electrons. The van der Waals surface area contributed by atoms with Crippen LogP contribution in [0.25, 0.3) is 0 Å². The third-order valence-electron chi connectivity index (χ3n) is 3.88. The van der Waals surface area contributed by atoms with E-state index in [1.807, 2.05) is 0 Å². The van der Waals surface area contributed by atoms with E-state index in [0.717, 1.165) is 25.7 Å². The van der Waals surface area contributed by atoms with Crippen LogP contribution in [0.15, 0.2) is 24.3 Å². The van der Waals surface area contributed by atoms with Gasteiger partial charge in [-0.05, 0) is 18.9 Å². The van der Waals surface area contributed by atoms with Gasteiger partial charge in [-0.3, -0.25) is 4.79 Å². The van der Waals surface area contributed by atoms with E-state index in [-0.39, 0.29) is 12.3 Å². The van der Waals surface area contributed by atoms with Crippen molar-refractivity contribution < 1.29 is 14.7 Å². The Balaban J connectivity index is 2.08. The molecule has 0 saturated heterocycles. The van der Waals surface area contributed by atoms with Crippen molar-refractivity contribution in [1.82, 2.24) is 5.32 Å². The number of carbonyl (C=O) groups is 2. The van der Waals surface area contributed by atoms with Gasteiger partial charge in [-0.2, -0.15) is 0 Å². The van der Waals surface area contributed by atoms with Crippen LogP contribution in [0, 0.1) is 0 Å². The van der Waals surface area contributed by atoms with Crippen molar-refractivity contribution >= 4 is 23.5 Å². The molecule has 114 valence electrons. The van der Waals surface area contributed by atoms with Crippen LogP contribution in [-0.2, 0) is 9.59 Å². The number of hydrogen-bond acceptors (Lipinski definition) is 3. The van der Waals surface area contributed by atoms with Crippen molar-refractivity contribution in [3.05, 3.63) is 34.9 Å². The molecule has 4 N–H and O–H groups in total. The molecule has 21 heavy (non-hydrogen) atoms. The number of rotatable bonds is 5. The van der Waals surface area contributed by atoms with Gasteiger partial charge < -0.3 is 16.2 Å². The van der Waals surface area contributed by atoms with Crippen LogP contribution in [0.2, 0.25) is 5.02 Å². The Morgan fingerprint density at radius 2 is 1.95 bits per heavy atom. The van der Waals surface area contributed by atoms with Crippen LogP contribution in [0.3, 0.4) is 0 Å². The molecule has 0 heterocycles. The summed E-state index contributed by atoms with van der Waals surface area (Å²) in [5.41, 5.74) is 6.01. The number of benzene rings is 1. The van der Waals surface area contributed by atoms with Crippen LogP contribution in [0.5, 0.6) is 0 Å². The van der Waals surface area contributed by atoms with Crippen molar-refractivity contribution in [2.45, 2.75) is 43.7 Å². The first kappa shape index (κ1) is 15.8. The molecule has 1 atom stereocenters. The zero-order valence-electron chi connectivity index (χ0n) is 11.6. The van der Waals surface area contributed by atoms with E-state index >= 15 is 0 Å². The lowest BCUT2D eigenvalue weighted by Gasteiger charge is -2.24. The summed E-state index contributed by atoms with van der Waals surface area (Å²) in [5.74, 6) is -1.50. The fraction of sp³-hybridized carbons (Fsp3) is 0.467. The predicted octanol–water partition coefficient (Wildman–Crippen LogP) is 2.24. The van der Waals surface area contributed by atoms with Gasteiger partial charge in [0.15, 0.2) is 6.04 Å². The molecule has 1 saturated carbocycles. The lowest BCUT2D eigenvalue weighted by atomic mass is 9.94. The molecule has 6 heteroatoms. The standard InChI is InChI=1S/C15H19ClN2O3/c16-11-6-2-1-5-10(11)13(14(20)21)18-12(19)9-15(17)7-3-4-8-15/h1-2,5-6,13H,3-4,7-9,17H2,(H,18,19)(H,20,21)/t13-/m1/s1. The van der Waals surface area contributed by atoms with Gasteiger partial charge in [0.05, 0.1) is 0 Å². The van der Waals surface area contributed by atoms with Gasteiger partial charge in [-0.25, -0.2) is 4.79 Å². The first-order chi connectivity index (χ1) is 9.91. The van der Waals surface area contributed by atoms with E-state index in [4.69, 9.17) is 17.3 Å². The molecule has 1 amide bonds. The van der Waals surface area contributed by atoms with Crippen molar-refractivity contribution in [1.29, 1.82) is 0 Å². The smallest absolute Gasteiger partial charge is 0.330 e. The maximum Gasteiger partial charge on any atom is 0.330 e. The molecule has 0 bridgehead atoms. The molecular weight excluding hydrogens is 292 g/mol. The fourth-order valence-corrected chi connectivity index (χ4v) is 3.01. The highest BCUT2D eigenvalue weighted by Gasteiger charge is 2.33. The molecule has 5 nitrogen and oxygen atoms in total. The molecule has 2 rings (SSSR count). The number of amides is 1. The summed E-state index contributed by atoms with van der Waals surface area (Å²) >= 11 is 6.00. The van der Waals surface area contributed by atoms with Crippen LogP contribution in [0.1, 0.15) is 43.7 Å². The summed E-state index contributed by atoms with van der Waals surface area (Å²) in [6.45, 7) is 0. The third kappa shape index (κ3) is 3.95. The fourth-order valence-electron chi connectivity index (χ4n) is 2.77. The normalized spacial score (nSPS) is 18.2. The second-order valence-electron chi connectivity index (χ2n) is 5.61. The second kappa shape index (κ2) is 6.45. The van der Waals surface area contributed by atoms with Crippen LogP contribution >= 0.6 is 11.6 Å². The predicted molar refractivity (Wildman–Crippen MR) is 80.0 cm³/mol. The lowest BCUT2D eigenvalue weighted by Crippen LogP contribution is -2.44. The van der Waals surface area contributed by atoms with Crippen molar-refractivity contribution in [2.24, 2.45) is 5.73 Å². The molecule has 1 aromatic carbocycles. The number of carboxylic acids is 1. The zero-order valence-corrected chi connectivity index (χ0v) is 12.4. The van der Waals surface area contributed by atoms with Crippen LogP contribution in [-0.4, -0.2) is 22.5 Å². The van der Waals surface area contributed by atoms with Gasteiger partial charge in [-0.1, -0.05) is 42.6 Å². The first-order valence-corrected chi connectivity index (χ1v) is 7.35. The lowest BCUT2D eigenvalue weighted by molar-refractivity contribution is -0.142. The summed E-state index contributed by atoms with van der Waals surface area (Å²) in [4.78, 5) is 23.5. The molecule has 0 aromatic heterocycles. The number of carboxylic acid groups (broad SMARTS) is 1. The minimum atomic E-state index is -1.16. The van der Waals surface area contributed by atoms with Crippen molar-refractivity contribution in [3.63, 3.8) is 0 Å². The Morgan fingerprint density at radius 3 is 2.52 bits per heavy atom. The minimum absolute atomic E-state index is 0.140. The molecule has 1 aromatic rings. The van der Waals surface area contributed by atoms with Crippen LogP contribution in [0.4, 0.5) is 0 Å². The number of carbonyl (C=O) groups excluding carboxylic acids is 1. The number of aliphatic carboxylic acids is 1.